The third-order valence-corrected chi connectivity index (χ3v) is 5.98. The lowest BCUT2D eigenvalue weighted by Crippen LogP contribution is -2.45. The van der Waals surface area contributed by atoms with E-state index in [1.165, 1.54) is 0 Å². The molecule has 1 aromatic heterocycles. The van der Waals surface area contributed by atoms with Crippen molar-refractivity contribution in [1.29, 1.82) is 0 Å². The zero-order chi connectivity index (χ0) is 21.0. The van der Waals surface area contributed by atoms with Gasteiger partial charge in [-0.05, 0) is 31.2 Å². The van der Waals surface area contributed by atoms with Crippen molar-refractivity contribution in [2.24, 2.45) is 5.41 Å². The standard InChI is InChI=1S/C23H29N5O2/c1-2-27-17-23(14-21(27)29)16-26(15-20-10-6-7-11-24-20)12-13-28(18-23)22(30)25-19-8-4-3-5-9-19/h3-11H,2,12-18H2,1H3,(H,25,30)/t23-/m1/s1. The van der Waals surface area contributed by atoms with Crippen molar-refractivity contribution < 1.29 is 9.59 Å². The number of pyridine rings is 1. The monoisotopic (exact) mass is 407 g/mol. The van der Waals surface area contributed by atoms with E-state index in [1.807, 2.05) is 65.3 Å². The Balaban J connectivity index is 1.53. The average Bonchev–Trinajstić information content (AvgIpc) is 2.95. The average molecular weight is 408 g/mol. The molecule has 0 saturated carbocycles. The Bertz CT molecular complexity index is 876. The molecule has 2 aliphatic heterocycles. The number of nitrogens with zero attached hydrogens (tertiary/aromatic N) is 4. The lowest BCUT2D eigenvalue weighted by molar-refractivity contribution is -0.127. The van der Waals surface area contributed by atoms with E-state index in [0.717, 1.165) is 31.0 Å². The molecule has 2 aliphatic rings. The Morgan fingerprint density at radius 1 is 1.07 bits per heavy atom. The lowest BCUT2D eigenvalue weighted by Gasteiger charge is -2.33. The predicted octanol–water partition coefficient (Wildman–Crippen LogP) is 2.67. The van der Waals surface area contributed by atoms with Crippen LogP contribution in [0, 0.1) is 5.41 Å². The maximum atomic E-state index is 13.0. The predicted molar refractivity (Wildman–Crippen MR) is 116 cm³/mol. The molecule has 158 valence electrons. The van der Waals surface area contributed by atoms with Gasteiger partial charge in [-0.2, -0.15) is 0 Å². The van der Waals surface area contributed by atoms with Gasteiger partial charge in [0.25, 0.3) is 0 Å². The van der Waals surface area contributed by atoms with E-state index in [-0.39, 0.29) is 17.4 Å². The van der Waals surface area contributed by atoms with Gasteiger partial charge in [-0.15, -0.1) is 0 Å². The number of benzene rings is 1. The fourth-order valence-corrected chi connectivity index (χ4v) is 4.58. The number of aromatic nitrogens is 1. The second-order valence-electron chi connectivity index (χ2n) is 8.33. The summed E-state index contributed by atoms with van der Waals surface area (Å²) in [4.78, 5) is 36.2. The van der Waals surface area contributed by atoms with E-state index >= 15 is 0 Å². The first-order valence-electron chi connectivity index (χ1n) is 10.6. The van der Waals surface area contributed by atoms with Gasteiger partial charge in [0, 0.05) is 69.5 Å². The van der Waals surface area contributed by atoms with Crippen LogP contribution in [0.25, 0.3) is 0 Å². The Morgan fingerprint density at radius 3 is 2.57 bits per heavy atom. The van der Waals surface area contributed by atoms with Crippen LogP contribution < -0.4 is 5.32 Å². The molecular weight excluding hydrogens is 378 g/mol. The normalized spacial score (nSPS) is 22.4. The van der Waals surface area contributed by atoms with Gasteiger partial charge in [-0.1, -0.05) is 24.3 Å². The van der Waals surface area contributed by atoms with Crippen LogP contribution in [0.3, 0.4) is 0 Å². The molecule has 7 heteroatoms. The number of anilines is 1. The number of carbonyl (C=O) groups excluding carboxylic acids is 2. The molecule has 0 unspecified atom stereocenters. The maximum Gasteiger partial charge on any atom is 0.321 e. The Kier molecular flexibility index (Phi) is 5.99. The largest absolute Gasteiger partial charge is 0.342 e. The van der Waals surface area contributed by atoms with Crippen LogP contribution in [0.1, 0.15) is 19.0 Å². The van der Waals surface area contributed by atoms with Gasteiger partial charge in [0.05, 0.1) is 5.69 Å². The van der Waals surface area contributed by atoms with Gasteiger partial charge >= 0.3 is 6.03 Å². The third kappa shape index (κ3) is 4.62. The SMILES string of the molecule is CCN1C[C@@]2(CC1=O)CN(Cc1ccccn1)CCN(C(=O)Nc1ccccc1)C2. The molecule has 1 atom stereocenters. The van der Waals surface area contributed by atoms with E-state index in [2.05, 4.69) is 15.2 Å². The molecule has 7 nitrogen and oxygen atoms in total. The van der Waals surface area contributed by atoms with Crippen LogP contribution in [0.2, 0.25) is 0 Å². The number of nitrogens with one attached hydrogen (secondary N) is 1. The summed E-state index contributed by atoms with van der Waals surface area (Å²) in [6, 6.07) is 15.3. The molecule has 1 aromatic carbocycles. The fourth-order valence-electron chi connectivity index (χ4n) is 4.58. The van der Waals surface area contributed by atoms with Crippen LogP contribution in [0.5, 0.6) is 0 Å². The van der Waals surface area contributed by atoms with Crippen molar-refractivity contribution >= 4 is 17.6 Å². The highest BCUT2D eigenvalue weighted by molar-refractivity contribution is 5.89. The number of para-hydroxylation sites is 1. The zero-order valence-corrected chi connectivity index (χ0v) is 17.5. The van der Waals surface area contributed by atoms with Crippen molar-refractivity contribution in [2.45, 2.75) is 19.9 Å². The number of carbonyl (C=O) groups is 2. The van der Waals surface area contributed by atoms with Crippen LogP contribution in [-0.4, -0.2) is 70.9 Å². The first-order valence-corrected chi connectivity index (χ1v) is 10.6. The lowest BCUT2D eigenvalue weighted by atomic mass is 9.86. The van der Waals surface area contributed by atoms with Crippen molar-refractivity contribution in [2.75, 3.05) is 44.6 Å². The summed E-state index contributed by atoms with van der Waals surface area (Å²) in [6.45, 7) is 6.85. The molecule has 3 amide bonds. The number of hydrogen-bond donors (Lipinski definition) is 1. The van der Waals surface area contributed by atoms with E-state index in [4.69, 9.17) is 0 Å². The molecule has 0 aliphatic carbocycles. The summed E-state index contributed by atoms with van der Waals surface area (Å²) < 4.78 is 0. The summed E-state index contributed by atoms with van der Waals surface area (Å²) in [5.74, 6) is 0.181. The quantitative estimate of drug-likeness (QED) is 0.846. The fraction of sp³-hybridized carbons (Fsp3) is 0.435. The number of urea groups is 1. The van der Waals surface area contributed by atoms with Crippen molar-refractivity contribution in [3.05, 3.63) is 60.4 Å². The molecule has 4 rings (SSSR count). The van der Waals surface area contributed by atoms with Crippen molar-refractivity contribution in [3.8, 4) is 0 Å². The zero-order valence-electron chi connectivity index (χ0n) is 17.5. The molecule has 1 N–H and O–H groups in total. The van der Waals surface area contributed by atoms with Crippen molar-refractivity contribution in [3.63, 3.8) is 0 Å². The molecule has 0 radical (unpaired) electrons. The van der Waals surface area contributed by atoms with Gasteiger partial charge < -0.3 is 15.1 Å². The van der Waals surface area contributed by atoms with Crippen LogP contribution in [0.15, 0.2) is 54.7 Å². The maximum absolute atomic E-state index is 13.0. The highest BCUT2D eigenvalue weighted by atomic mass is 16.2. The minimum Gasteiger partial charge on any atom is -0.342 e. The van der Waals surface area contributed by atoms with Crippen LogP contribution >= 0.6 is 0 Å². The highest BCUT2D eigenvalue weighted by Gasteiger charge is 2.46. The van der Waals surface area contributed by atoms with Gasteiger partial charge in [-0.25, -0.2) is 4.79 Å². The van der Waals surface area contributed by atoms with Gasteiger partial charge in [0.15, 0.2) is 0 Å². The van der Waals surface area contributed by atoms with Gasteiger partial charge in [0.2, 0.25) is 5.91 Å². The first kappa shape index (κ1) is 20.3. The smallest absolute Gasteiger partial charge is 0.321 e. The van der Waals surface area contributed by atoms with Crippen molar-refractivity contribution in [1.82, 2.24) is 19.7 Å². The number of likely N-dealkylation sites (tertiary alicyclic amines) is 1. The second-order valence-corrected chi connectivity index (χ2v) is 8.33. The second kappa shape index (κ2) is 8.83. The summed E-state index contributed by atoms with van der Waals surface area (Å²) >= 11 is 0. The molecule has 2 aromatic rings. The molecule has 0 bridgehead atoms. The molecule has 1 spiro atoms. The minimum atomic E-state index is -0.258. The minimum absolute atomic E-state index is 0.109. The summed E-state index contributed by atoms with van der Waals surface area (Å²) in [5.41, 5.74) is 1.53. The number of hydrogen-bond acceptors (Lipinski definition) is 4. The topological polar surface area (TPSA) is 68.8 Å². The number of amides is 3. The Morgan fingerprint density at radius 2 is 1.87 bits per heavy atom. The molecule has 3 heterocycles. The van der Waals surface area contributed by atoms with Crippen LogP contribution in [0.4, 0.5) is 10.5 Å². The van der Waals surface area contributed by atoms with E-state index < -0.39 is 0 Å². The third-order valence-electron chi connectivity index (χ3n) is 5.98. The molecule has 2 fully saturated rings. The molecule has 2 saturated heterocycles. The van der Waals surface area contributed by atoms with Crippen LogP contribution in [-0.2, 0) is 11.3 Å². The van der Waals surface area contributed by atoms with E-state index in [1.54, 1.807) is 6.20 Å². The molecule has 30 heavy (non-hydrogen) atoms. The van der Waals surface area contributed by atoms with Gasteiger partial charge in [0.1, 0.15) is 0 Å². The Labute approximate surface area is 177 Å². The van der Waals surface area contributed by atoms with E-state index in [9.17, 15) is 9.59 Å². The summed E-state index contributed by atoms with van der Waals surface area (Å²) in [7, 11) is 0. The van der Waals surface area contributed by atoms with E-state index in [0.29, 0.717) is 32.6 Å². The number of rotatable bonds is 4. The first-order chi connectivity index (χ1) is 14.6. The summed E-state index contributed by atoms with van der Waals surface area (Å²) in [5, 5.41) is 3.00. The van der Waals surface area contributed by atoms with Gasteiger partial charge in [-0.3, -0.25) is 14.7 Å². The summed E-state index contributed by atoms with van der Waals surface area (Å²) in [6.07, 6.45) is 2.29. The molecular formula is C23H29N5O2. The highest BCUT2D eigenvalue weighted by Crippen LogP contribution is 2.35. The Hall–Kier alpha value is -2.93.